The van der Waals surface area contributed by atoms with E-state index in [4.69, 9.17) is 0 Å². The maximum absolute atomic E-state index is 2.45. The van der Waals surface area contributed by atoms with Crippen LogP contribution in [0.3, 0.4) is 0 Å². The van der Waals surface area contributed by atoms with Gasteiger partial charge in [-0.2, -0.15) is 0 Å². The second kappa shape index (κ2) is 6.76. The molecule has 1 rings (SSSR count). The third-order valence-corrected chi connectivity index (χ3v) is 3.17. The topological polar surface area (TPSA) is 0 Å². The first kappa shape index (κ1) is 16.1. The van der Waals surface area contributed by atoms with Crippen molar-refractivity contribution in [2.24, 2.45) is 17.8 Å². The van der Waals surface area contributed by atoms with Crippen LogP contribution >= 0.6 is 0 Å². The van der Waals surface area contributed by atoms with E-state index in [0.717, 1.165) is 0 Å². The molecule has 0 fully saturated rings. The van der Waals surface area contributed by atoms with Gasteiger partial charge in [0.25, 0.3) is 0 Å². The zero-order chi connectivity index (χ0) is 10.9. The van der Waals surface area contributed by atoms with Crippen LogP contribution in [-0.4, -0.2) is 0 Å². The van der Waals surface area contributed by atoms with E-state index in [1.165, 1.54) is 6.42 Å². The van der Waals surface area contributed by atoms with E-state index in [1.54, 1.807) is 16.7 Å². The molecule has 0 unspecified atom stereocenters. The van der Waals surface area contributed by atoms with Crippen molar-refractivity contribution in [1.29, 1.82) is 0 Å². The fraction of sp³-hybridized carbons (Fsp3) is 0.714. The second-order valence-corrected chi connectivity index (χ2v) is 5.34. The fourth-order valence-electron chi connectivity index (χ4n) is 2.11. The largest absolute Gasteiger partial charge is 1.00 e. The maximum Gasteiger partial charge on any atom is 1.00 e. The first-order valence-electron chi connectivity index (χ1n) is 5.86. The normalized spacial score (nSPS) is 16.5. The summed E-state index contributed by atoms with van der Waals surface area (Å²) in [5.41, 5.74) is 4.89. The molecular weight excluding hydrogens is 207 g/mol. The number of rotatable bonds is 3. The van der Waals surface area contributed by atoms with Gasteiger partial charge in [-0.25, -0.2) is 0 Å². The molecule has 1 aliphatic carbocycles. The molecular formula is C14H25K. The molecule has 0 nitrogen and oxygen atoms in total. The monoisotopic (exact) mass is 232 g/mol. The Morgan fingerprint density at radius 3 is 1.73 bits per heavy atom. The Balaban J connectivity index is 0. The molecule has 0 bridgehead atoms. The summed E-state index contributed by atoms with van der Waals surface area (Å²) in [5.74, 6) is 2.10. The van der Waals surface area contributed by atoms with E-state index in [-0.39, 0.29) is 52.8 Å². The van der Waals surface area contributed by atoms with Crippen LogP contribution in [0.25, 0.3) is 0 Å². The summed E-state index contributed by atoms with van der Waals surface area (Å²) < 4.78 is 0. The van der Waals surface area contributed by atoms with E-state index >= 15 is 0 Å². The van der Waals surface area contributed by atoms with Gasteiger partial charge >= 0.3 is 51.4 Å². The van der Waals surface area contributed by atoms with Gasteiger partial charge in [0.05, 0.1) is 0 Å². The second-order valence-electron chi connectivity index (χ2n) is 5.34. The molecule has 0 spiro atoms. The summed E-state index contributed by atoms with van der Waals surface area (Å²) in [4.78, 5) is 0. The van der Waals surface area contributed by atoms with Crippen molar-refractivity contribution in [2.45, 2.75) is 48.0 Å². The van der Waals surface area contributed by atoms with E-state index in [1.807, 2.05) is 0 Å². The van der Waals surface area contributed by atoms with Gasteiger partial charge in [0.1, 0.15) is 0 Å². The van der Waals surface area contributed by atoms with Crippen molar-refractivity contribution < 1.29 is 52.8 Å². The van der Waals surface area contributed by atoms with Crippen molar-refractivity contribution in [3.63, 3.8) is 0 Å². The molecule has 82 valence electrons. The molecule has 0 saturated heterocycles. The summed E-state index contributed by atoms with van der Waals surface area (Å²) in [6.07, 6.45) is 3.67. The van der Waals surface area contributed by atoms with E-state index in [9.17, 15) is 0 Å². The van der Waals surface area contributed by atoms with Gasteiger partial charge in [-0.05, 0) is 29.7 Å². The first-order chi connectivity index (χ1) is 6.43. The molecule has 0 aliphatic heterocycles. The van der Waals surface area contributed by atoms with Gasteiger partial charge < -0.3 is 1.43 Å². The predicted octanol–water partition coefficient (Wildman–Crippen LogP) is 1.70. The summed E-state index contributed by atoms with van der Waals surface area (Å²) in [6.45, 7) is 13.8. The maximum atomic E-state index is 2.45. The standard InChI is InChI=1S/C14H24.K.H/c1-9(2)12-7-13(10(3)4)14(8-12)11(5)6;;/h7,9-11H,8H2,1-6H3;;/q;+1;-1. The van der Waals surface area contributed by atoms with Gasteiger partial charge in [-0.15, -0.1) is 0 Å². The average molecular weight is 232 g/mol. The first-order valence-corrected chi connectivity index (χ1v) is 5.86. The van der Waals surface area contributed by atoms with Crippen LogP contribution in [-0.2, 0) is 0 Å². The number of hydrogen-bond acceptors (Lipinski definition) is 0. The molecule has 0 radical (unpaired) electrons. The zero-order valence-electron chi connectivity index (χ0n) is 12.5. The third kappa shape index (κ3) is 4.12. The van der Waals surface area contributed by atoms with Crippen LogP contribution in [0.15, 0.2) is 22.8 Å². The van der Waals surface area contributed by atoms with Crippen molar-refractivity contribution in [1.82, 2.24) is 0 Å². The summed E-state index contributed by atoms with van der Waals surface area (Å²) in [6, 6.07) is 0. The Kier molecular flexibility index (Phi) is 7.26. The molecule has 0 aromatic rings. The fourth-order valence-corrected chi connectivity index (χ4v) is 2.11. The number of allylic oxidation sites excluding steroid dienone is 4. The Labute approximate surface area is 140 Å². The Morgan fingerprint density at radius 1 is 0.933 bits per heavy atom. The van der Waals surface area contributed by atoms with Crippen LogP contribution in [0.4, 0.5) is 0 Å². The van der Waals surface area contributed by atoms with E-state index in [2.05, 4.69) is 47.6 Å². The van der Waals surface area contributed by atoms with Crippen LogP contribution in [0.2, 0.25) is 0 Å². The average Bonchev–Trinajstić information content (AvgIpc) is 2.47. The molecule has 0 heterocycles. The quantitative estimate of drug-likeness (QED) is 0.650. The predicted molar refractivity (Wildman–Crippen MR) is 65.4 cm³/mol. The Hall–Kier alpha value is 1.12. The van der Waals surface area contributed by atoms with Crippen molar-refractivity contribution in [3.8, 4) is 0 Å². The smallest absolute Gasteiger partial charge is 1.00 e. The molecule has 0 saturated carbocycles. The van der Waals surface area contributed by atoms with Crippen molar-refractivity contribution in [3.05, 3.63) is 22.8 Å². The summed E-state index contributed by atoms with van der Waals surface area (Å²) >= 11 is 0. The third-order valence-electron chi connectivity index (χ3n) is 3.17. The van der Waals surface area contributed by atoms with Gasteiger partial charge in [0.2, 0.25) is 0 Å². The van der Waals surface area contributed by atoms with Crippen LogP contribution in [0.5, 0.6) is 0 Å². The summed E-state index contributed by atoms with van der Waals surface area (Å²) in [5, 5.41) is 0. The minimum atomic E-state index is 0. The minimum absolute atomic E-state index is 0. The van der Waals surface area contributed by atoms with Gasteiger partial charge in [-0.3, -0.25) is 0 Å². The van der Waals surface area contributed by atoms with Crippen LogP contribution in [0.1, 0.15) is 49.4 Å². The van der Waals surface area contributed by atoms with Gasteiger partial charge in [-0.1, -0.05) is 58.8 Å². The minimum Gasteiger partial charge on any atom is -1.00 e. The molecule has 15 heavy (non-hydrogen) atoms. The van der Waals surface area contributed by atoms with Crippen LogP contribution in [0, 0.1) is 17.8 Å². The van der Waals surface area contributed by atoms with E-state index < -0.39 is 0 Å². The molecule has 0 amide bonds. The van der Waals surface area contributed by atoms with Crippen LogP contribution < -0.4 is 51.4 Å². The Bertz CT molecular complexity index is 272. The number of hydrogen-bond donors (Lipinski definition) is 0. The molecule has 0 atom stereocenters. The summed E-state index contributed by atoms with van der Waals surface area (Å²) in [7, 11) is 0. The van der Waals surface area contributed by atoms with Crippen molar-refractivity contribution in [2.75, 3.05) is 0 Å². The van der Waals surface area contributed by atoms with Gasteiger partial charge in [0.15, 0.2) is 0 Å². The van der Waals surface area contributed by atoms with E-state index in [0.29, 0.717) is 17.8 Å². The zero-order valence-corrected chi connectivity index (χ0v) is 14.6. The molecule has 0 aromatic heterocycles. The Morgan fingerprint density at radius 2 is 1.47 bits per heavy atom. The molecule has 0 aromatic carbocycles. The SMILES string of the molecule is CC(C)C1=CC(C(C)C)=C(C(C)C)C1.[H-].[K+]. The molecule has 1 aliphatic rings. The van der Waals surface area contributed by atoms with Crippen molar-refractivity contribution >= 4 is 0 Å². The van der Waals surface area contributed by atoms with Gasteiger partial charge in [0, 0.05) is 0 Å². The molecule has 1 heteroatoms. The molecule has 0 N–H and O–H groups in total.